The smallest absolute Gasteiger partial charge is 0.271 e. The molecular weight excluding hydrogens is 414 g/mol. The summed E-state index contributed by atoms with van der Waals surface area (Å²) >= 11 is 3.00. The van der Waals surface area contributed by atoms with E-state index < -0.39 is 10.0 Å². The highest BCUT2D eigenvalue weighted by molar-refractivity contribution is 7.88. The predicted octanol–water partition coefficient (Wildman–Crippen LogP) is 3.63. The third-order valence-electron chi connectivity index (χ3n) is 3.82. The number of carbonyl (C=O) groups is 1. The topological polar surface area (TPSA) is 88.2 Å². The van der Waals surface area contributed by atoms with Crippen LogP contribution in [0.4, 0.5) is 0 Å². The van der Waals surface area contributed by atoms with Gasteiger partial charge in [0.2, 0.25) is 10.0 Å². The Balaban J connectivity index is 1.67. The zero-order valence-corrected chi connectivity index (χ0v) is 18.0. The van der Waals surface area contributed by atoms with Gasteiger partial charge in [-0.05, 0) is 36.4 Å². The molecule has 1 aromatic carbocycles. The monoisotopic (exact) mass is 435 g/mol. The Morgan fingerprint density at radius 1 is 1.14 bits per heavy atom. The number of nitrogens with zero attached hydrogens (tertiary/aromatic N) is 1. The fraction of sp³-hybridized carbons (Fsp3) is 0.263. The molecule has 0 unspecified atom stereocenters. The fourth-order valence-corrected chi connectivity index (χ4v) is 5.64. The van der Waals surface area contributed by atoms with Gasteiger partial charge in [-0.25, -0.2) is 18.1 Å². The fourth-order valence-electron chi connectivity index (χ4n) is 2.64. The van der Waals surface area contributed by atoms with E-state index in [1.807, 2.05) is 29.0 Å². The summed E-state index contributed by atoms with van der Waals surface area (Å²) in [5.74, 6) is -0.411. The van der Waals surface area contributed by atoms with Crippen LogP contribution in [0, 0.1) is 0 Å². The highest BCUT2D eigenvalue weighted by Gasteiger charge is 2.16. The Kier molecular flexibility index (Phi) is 6.61. The molecule has 6 nitrogen and oxygen atoms in total. The minimum Gasteiger partial charge on any atom is -0.347 e. The summed E-state index contributed by atoms with van der Waals surface area (Å²) in [4.78, 5) is 16.8. The van der Waals surface area contributed by atoms with Crippen molar-refractivity contribution in [1.82, 2.24) is 15.0 Å². The Bertz CT molecular complexity index is 1040. The molecule has 3 rings (SSSR count). The van der Waals surface area contributed by atoms with Crippen LogP contribution in [-0.4, -0.2) is 25.4 Å². The van der Waals surface area contributed by atoms with Crippen molar-refractivity contribution < 1.29 is 13.2 Å². The summed E-state index contributed by atoms with van der Waals surface area (Å²) in [6.07, 6.45) is 0. The van der Waals surface area contributed by atoms with E-state index in [2.05, 4.69) is 15.0 Å². The van der Waals surface area contributed by atoms with E-state index in [-0.39, 0.29) is 24.2 Å². The van der Waals surface area contributed by atoms with E-state index in [0.29, 0.717) is 11.3 Å². The van der Waals surface area contributed by atoms with Crippen molar-refractivity contribution in [3.8, 4) is 10.6 Å². The molecule has 2 heterocycles. The molecule has 0 aliphatic carbocycles. The molecule has 148 valence electrons. The number of benzene rings is 1. The average Bonchev–Trinajstić information content (AvgIpc) is 3.30. The molecule has 0 saturated carbocycles. The molecule has 2 aromatic heterocycles. The lowest BCUT2D eigenvalue weighted by molar-refractivity contribution is 0.0946. The molecule has 0 spiro atoms. The van der Waals surface area contributed by atoms with Gasteiger partial charge in [-0.1, -0.05) is 24.3 Å². The van der Waals surface area contributed by atoms with E-state index in [0.717, 1.165) is 16.1 Å². The van der Waals surface area contributed by atoms with Crippen LogP contribution in [0.5, 0.6) is 0 Å². The molecule has 0 aliphatic heterocycles. The third-order valence-corrected chi connectivity index (χ3v) is 6.92. The molecule has 0 fully saturated rings. The zero-order valence-electron chi connectivity index (χ0n) is 15.5. The van der Waals surface area contributed by atoms with E-state index in [4.69, 9.17) is 0 Å². The van der Waals surface area contributed by atoms with Crippen LogP contribution in [0.1, 0.15) is 35.5 Å². The number of aromatic nitrogens is 1. The largest absolute Gasteiger partial charge is 0.347 e. The quantitative estimate of drug-likeness (QED) is 0.566. The van der Waals surface area contributed by atoms with Crippen LogP contribution in [-0.2, 0) is 22.3 Å². The summed E-state index contributed by atoms with van der Waals surface area (Å²) in [5, 5.41) is 9.32. The number of rotatable bonds is 8. The number of amides is 1. The lowest BCUT2D eigenvalue weighted by Gasteiger charge is -2.13. The third kappa shape index (κ3) is 5.48. The molecule has 2 N–H and O–H groups in total. The molecule has 0 radical (unpaired) electrons. The van der Waals surface area contributed by atoms with Gasteiger partial charge >= 0.3 is 0 Å². The van der Waals surface area contributed by atoms with Gasteiger partial charge in [-0.3, -0.25) is 4.79 Å². The summed E-state index contributed by atoms with van der Waals surface area (Å²) in [6, 6.07) is 8.99. The molecule has 0 saturated heterocycles. The van der Waals surface area contributed by atoms with E-state index >= 15 is 0 Å². The standard InChI is InChI=1S/C19H21N3O3S3/c1-13(2)22-28(24,25)12-16-6-4-3-5-14(16)9-20-18(23)17-11-27-19(21-17)15-7-8-26-10-15/h3-8,10-11,13,22H,9,12H2,1-2H3,(H,20,23). The van der Waals surface area contributed by atoms with Crippen molar-refractivity contribution in [3.05, 3.63) is 63.3 Å². The highest BCUT2D eigenvalue weighted by Crippen LogP contribution is 2.25. The normalized spacial score (nSPS) is 11.7. The highest BCUT2D eigenvalue weighted by atomic mass is 32.2. The van der Waals surface area contributed by atoms with E-state index in [1.165, 1.54) is 11.3 Å². The second-order valence-electron chi connectivity index (χ2n) is 6.53. The Morgan fingerprint density at radius 3 is 2.57 bits per heavy atom. The van der Waals surface area contributed by atoms with E-state index in [1.54, 1.807) is 42.7 Å². The lowest BCUT2D eigenvalue weighted by Crippen LogP contribution is -2.32. The van der Waals surface area contributed by atoms with Crippen LogP contribution < -0.4 is 10.0 Å². The van der Waals surface area contributed by atoms with Crippen molar-refractivity contribution in [2.75, 3.05) is 0 Å². The first-order valence-corrected chi connectivity index (χ1v) is 12.1. The van der Waals surface area contributed by atoms with Crippen LogP contribution in [0.3, 0.4) is 0 Å². The molecule has 9 heteroatoms. The van der Waals surface area contributed by atoms with Crippen LogP contribution in [0.25, 0.3) is 10.6 Å². The van der Waals surface area contributed by atoms with Gasteiger partial charge in [-0.2, -0.15) is 11.3 Å². The lowest BCUT2D eigenvalue weighted by atomic mass is 10.1. The average molecular weight is 436 g/mol. The van der Waals surface area contributed by atoms with Gasteiger partial charge in [0.1, 0.15) is 10.7 Å². The first-order chi connectivity index (χ1) is 13.3. The van der Waals surface area contributed by atoms with Gasteiger partial charge in [0.15, 0.2) is 0 Å². The maximum Gasteiger partial charge on any atom is 0.271 e. The van der Waals surface area contributed by atoms with Crippen molar-refractivity contribution >= 4 is 38.6 Å². The molecule has 3 aromatic rings. The van der Waals surface area contributed by atoms with Crippen molar-refractivity contribution in [2.45, 2.75) is 32.2 Å². The predicted molar refractivity (Wildman–Crippen MR) is 114 cm³/mol. The minimum absolute atomic E-state index is 0.129. The molecular formula is C19H21N3O3S3. The molecule has 0 aliphatic rings. The SMILES string of the molecule is CC(C)NS(=O)(=O)Cc1ccccc1CNC(=O)c1csc(-c2ccsc2)n1. The number of thiazole rings is 1. The van der Waals surface area contributed by atoms with Crippen LogP contribution in [0.15, 0.2) is 46.5 Å². The first-order valence-electron chi connectivity index (χ1n) is 8.67. The first kappa shape index (κ1) is 20.7. The van der Waals surface area contributed by atoms with Crippen molar-refractivity contribution in [2.24, 2.45) is 0 Å². The maximum absolute atomic E-state index is 12.4. The van der Waals surface area contributed by atoms with Crippen LogP contribution in [0.2, 0.25) is 0 Å². The number of hydrogen-bond acceptors (Lipinski definition) is 6. The summed E-state index contributed by atoms with van der Waals surface area (Å²) in [7, 11) is -3.44. The summed E-state index contributed by atoms with van der Waals surface area (Å²) < 4.78 is 27.0. The number of sulfonamides is 1. The van der Waals surface area contributed by atoms with E-state index in [9.17, 15) is 13.2 Å². The Hall–Kier alpha value is -2.07. The minimum atomic E-state index is -3.44. The second-order valence-corrected chi connectivity index (χ2v) is 9.92. The van der Waals surface area contributed by atoms with Crippen LogP contribution >= 0.6 is 22.7 Å². The maximum atomic E-state index is 12.4. The van der Waals surface area contributed by atoms with Gasteiger partial charge < -0.3 is 5.32 Å². The molecule has 1 amide bonds. The summed E-state index contributed by atoms with van der Waals surface area (Å²) in [5.41, 5.74) is 2.78. The number of carbonyl (C=O) groups excluding carboxylic acids is 1. The second kappa shape index (κ2) is 8.95. The molecule has 0 bridgehead atoms. The number of hydrogen-bond donors (Lipinski definition) is 2. The van der Waals surface area contributed by atoms with Crippen molar-refractivity contribution in [3.63, 3.8) is 0 Å². The summed E-state index contributed by atoms with van der Waals surface area (Å²) in [6.45, 7) is 3.79. The Morgan fingerprint density at radius 2 is 1.89 bits per heavy atom. The van der Waals surface area contributed by atoms with Gasteiger partial charge in [0.25, 0.3) is 5.91 Å². The van der Waals surface area contributed by atoms with Gasteiger partial charge in [-0.15, -0.1) is 11.3 Å². The Labute approximate surface area is 172 Å². The molecule has 28 heavy (non-hydrogen) atoms. The molecule has 0 atom stereocenters. The van der Waals surface area contributed by atoms with Crippen molar-refractivity contribution in [1.29, 1.82) is 0 Å². The number of thiophene rings is 1. The number of nitrogens with one attached hydrogen (secondary N) is 2. The zero-order chi connectivity index (χ0) is 20.1. The van der Waals surface area contributed by atoms with Gasteiger partial charge in [0, 0.05) is 28.9 Å². The van der Waals surface area contributed by atoms with Gasteiger partial charge in [0.05, 0.1) is 5.75 Å².